The van der Waals surface area contributed by atoms with Crippen molar-refractivity contribution in [2.75, 3.05) is 11.1 Å². The van der Waals surface area contributed by atoms with Crippen LogP contribution in [0.15, 0.2) is 18.2 Å². The third-order valence-corrected chi connectivity index (χ3v) is 2.77. The number of nitrogens with zero attached hydrogens (tertiary/aromatic N) is 3. The molecule has 0 amide bonds. The van der Waals surface area contributed by atoms with Crippen molar-refractivity contribution in [2.24, 2.45) is 0 Å². The molecule has 0 spiro atoms. The predicted octanol–water partition coefficient (Wildman–Crippen LogP) is 2.72. The van der Waals surface area contributed by atoms with E-state index in [1.165, 1.54) is 11.1 Å². The highest BCUT2D eigenvalue weighted by Gasteiger charge is 2.04. The molecular formula is C12H14ClN5. The fraction of sp³-hybridized carbons (Fsp3) is 0.250. The zero-order valence-electron chi connectivity index (χ0n) is 10.2. The fourth-order valence-electron chi connectivity index (χ4n) is 1.72. The van der Waals surface area contributed by atoms with Gasteiger partial charge in [-0.1, -0.05) is 13.0 Å². The van der Waals surface area contributed by atoms with Gasteiger partial charge in [0.2, 0.25) is 17.2 Å². The molecule has 0 saturated carbocycles. The number of anilines is 3. The molecule has 0 bridgehead atoms. The lowest BCUT2D eigenvalue weighted by atomic mass is 10.1. The third kappa shape index (κ3) is 2.87. The summed E-state index contributed by atoms with van der Waals surface area (Å²) in [6, 6.07) is 6.08. The summed E-state index contributed by atoms with van der Waals surface area (Å²) in [5.74, 6) is 0.440. The minimum Gasteiger partial charge on any atom is -0.368 e. The summed E-state index contributed by atoms with van der Waals surface area (Å²) in [7, 11) is 0. The molecule has 6 heteroatoms. The van der Waals surface area contributed by atoms with Crippen LogP contribution >= 0.6 is 11.6 Å². The maximum Gasteiger partial charge on any atom is 0.233 e. The maximum atomic E-state index is 5.71. The summed E-state index contributed by atoms with van der Waals surface area (Å²) in [5.41, 5.74) is 8.93. The molecule has 0 fully saturated rings. The van der Waals surface area contributed by atoms with Crippen molar-refractivity contribution >= 4 is 29.2 Å². The summed E-state index contributed by atoms with van der Waals surface area (Å²) in [6.07, 6.45) is 1.01. The highest BCUT2D eigenvalue weighted by atomic mass is 35.5. The number of benzene rings is 1. The molecule has 3 N–H and O–H groups in total. The quantitative estimate of drug-likeness (QED) is 0.890. The number of nitrogen functional groups attached to an aromatic ring is 1. The van der Waals surface area contributed by atoms with Crippen LogP contribution in [0.25, 0.3) is 0 Å². The molecule has 18 heavy (non-hydrogen) atoms. The minimum atomic E-state index is 0.0758. The van der Waals surface area contributed by atoms with E-state index in [1.807, 2.05) is 12.1 Å². The van der Waals surface area contributed by atoms with E-state index in [0.717, 1.165) is 12.1 Å². The Labute approximate surface area is 110 Å². The molecule has 0 aliphatic rings. The van der Waals surface area contributed by atoms with E-state index in [-0.39, 0.29) is 11.2 Å². The highest BCUT2D eigenvalue weighted by Crippen LogP contribution is 2.19. The molecule has 1 heterocycles. The third-order valence-electron chi connectivity index (χ3n) is 2.61. The number of aromatic nitrogens is 3. The monoisotopic (exact) mass is 263 g/mol. The van der Waals surface area contributed by atoms with Crippen LogP contribution in [-0.4, -0.2) is 15.0 Å². The Hall–Kier alpha value is -1.88. The largest absolute Gasteiger partial charge is 0.368 e. The van der Waals surface area contributed by atoms with Crippen LogP contribution in [0, 0.1) is 6.92 Å². The lowest BCUT2D eigenvalue weighted by Gasteiger charge is -2.08. The topological polar surface area (TPSA) is 76.7 Å². The zero-order valence-corrected chi connectivity index (χ0v) is 11.0. The summed E-state index contributed by atoms with van der Waals surface area (Å²) >= 11 is 5.71. The molecule has 5 nitrogen and oxygen atoms in total. The van der Waals surface area contributed by atoms with E-state index in [2.05, 4.69) is 40.2 Å². The Morgan fingerprint density at radius 2 is 2.06 bits per heavy atom. The fourth-order valence-corrected chi connectivity index (χ4v) is 1.89. The van der Waals surface area contributed by atoms with Crippen molar-refractivity contribution in [1.82, 2.24) is 15.0 Å². The van der Waals surface area contributed by atoms with E-state index in [0.29, 0.717) is 5.95 Å². The van der Waals surface area contributed by atoms with Gasteiger partial charge in [0.25, 0.3) is 0 Å². The van der Waals surface area contributed by atoms with Gasteiger partial charge < -0.3 is 11.1 Å². The lowest BCUT2D eigenvalue weighted by molar-refractivity contribution is 1.07. The summed E-state index contributed by atoms with van der Waals surface area (Å²) in [5, 5.41) is 3.13. The van der Waals surface area contributed by atoms with Crippen molar-refractivity contribution < 1.29 is 0 Å². The number of aryl methyl sites for hydroxylation is 2. The van der Waals surface area contributed by atoms with Crippen molar-refractivity contribution in [3.63, 3.8) is 0 Å². The second-order valence-electron chi connectivity index (χ2n) is 3.91. The number of hydrogen-bond acceptors (Lipinski definition) is 5. The number of halogens is 1. The number of nitrogens with one attached hydrogen (secondary N) is 1. The van der Waals surface area contributed by atoms with Gasteiger partial charge in [-0.15, -0.1) is 0 Å². The van der Waals surface area contributed by atoms with Gasteiger partial charge in [0.05, 0.1) is 0 Å². The Balaban J connectivity index is 2.25. The van der Waals surface area contributed by atoms with Gasteiger partial charge >= 0.3 is 0 Å². The van der Waals surface area contributed by atoms with E-state index < -0.39 is 0 Å². The number of nitrogens with two attached hydrogens (primary N) is 1. The van der Waals surface area contributed by atoms with E-state index in [9.17, 15) is 0 Å². The molecule has 0 atom stereocenters. The first-order chi connectivity index (χ1) is 8.58. The van der Waals surface area contributed by atoms with Gasteiger partial charge in [-0.25, -0.2) is 0 Å². The Bertz CT molecular complexity index is 550. The van der Waals surface area contributed by atoms with Crippen molar-refractivity contribution in [3.05, 3.63) is 34.6 Å². The molecule has 0 radical (unpaired) electrons. The molecule has 0 saturated heterocycles. The number of hydrogen-bond donors (Lipinski definition) is 2. The van der Waals surface area contributed by atoms with Gasteiger partial charge in [0, 0.05) is 5.69 Å². The first-order valence-corrected chi connectivity index (χ1v) is 6.00. The molecule has 94 valence electrons. The SMILES string of the molecule is CCc1ccc(Nc2nc(N)nc(Cl)n2)cc1C. The second kappa shape index (κ2) is 5.18. The average Bonchev–Trinajstić information content (AvgIpc) is 2.27. The standard InChI is InChI=1S/C12H14ClN5/c1-3-8-4-5-9(6-7(8)2)15-12-17-10(13)16-11(14)18-12/h4-6H,3H2,1-2H3,(H3,14,15,16,17,18). The van der Waals surface area contributed by atoms with Crippen LogP contribution in [0.4, 0.5) is 17.6 Å². The van der Waals surface area contributed by atoms with Gasteiger partial charge in [0.1, 0.15) is 0 Å². The second-order valence-corrected chi connectivity index (χ2v) is 4.24. The first-order valence-electron chi connectivity index (χ1n) is 5.62. The molecule has 1 aromatic heterocycles. The van der Waals surface area contributed by atoms with Crippen molar-refractivity contribution in [3.8, 4) is 0 Å². The summed E-state index contributed by atoms with van der Waals surface area (Å²) in [6.45, 7) is 4.20. The molecule has 0 aliphatic heterocycles. The first kappa shape index (κ1) is 12.6. The van der Waals surface area contributed by atoms with Crippen LogP contribution in [0.3, 0.4) is 0 Å². The van der Waals surface area contributed by atoms with E-state index in [1.54, 1.807) is 0 Å². The zero-order chi connectivity index (χ0) is 13.1. The molecule has 2 rings (SSSR count). The van der Waals surface area contributed by atoms with E-state index in [4.69, 9.17) is 17.3 Å². The molecule has 0 unspecified atom stereocenters. The normalized spacial score (nSPS) is 10.4. The Kier molecular flexibility index (Phi) is 3.62. The van der Waals surface area contributed by atoms with Gasteiger partial charge in [-0.05, 0) is 48.2 Å². The summed E-state index contributed by atoms with van der Waals surface area (Å²) < 4.78 is 0. The minimum absolute atomic E-state index is 0.0758. The van der Waals surface area contributed by atoms with Gasteiger partial charge in [-0.3, -0.25) is 0 Å². The lowest BCUT2D eigenvalue weighted by Crippen LogP contribution is -2.03. The predicted molar refractivity (Wildman–Crippen MR) is 73.1 cm³/mol. The average molecular weight is 264 g/mol. The van der Waals surface area contributed by atoms with Crippen LogP contribution in [0.2, 0.25) is 5.28 Å². The van der Waals surface area contributed by atoms with Gasteiger partial charge in [0.15, 0.2) is 0 Å². The molecule has 0 aliphatic carbocycles. The smallest absolute Gasteiger partial charge is 0.233 e. The van der Waals surface area contributed by atoms with E-state index >= 15 is 0 Å². The van der Waals surface area contributed by atoms with Crippen LogP contribution < -0.4 is 11.1 Å². The van der Waals surface area contributed by atoms with Crippen LogP contribution in [-0.2, 0) is 6.42 Å². The Morgan fingerprint density at radius 3 is 2.67 bits per heavy atom. The highest BCUT2D eigenvalue weighted by molar-refractivity contribution is 6.28. The molecule has 2 aromatic rings. The molecule has 1 aromatic carbocycles. The van der Waals surface area contributed by atoms with Gasteiger partial charge in [-0.2, -0.15) is 15.0 Å². The van der Waals surface area contributed by atoms with Crippen molar-refractivity contribution in [2.45, 2.75) is 20.3 Å². The van der Waals surface area contributed by atoms with Crippen LogP contribution in [0.1, 0.15) is 18.1 Å². The summed E-state index contributed by atoms with van der Waals surface area (Å²) in [4.78, 5) is 11.6. The molecular weight excluding hydrogens is 250 g/mol. The number of rotatable bonds is 3. The van der Waals surface area contributed by atoms with Crippen LogP contribution in [0.5, 0.6) is 0 Å². The van der Waals surface area contributed by atoms with Crippen molar-refractivity contribution in [1.29, 1.82) is 0 Å². The Morgan fingerprint density at radius 1 is 1.28 bits per heavy atom. The maximum absolute atomic E-state index is 5.71.